The van der Waals surface area contributed by atoms with E-state index >= 15 is 0 Å². The van der Waals surface area contributed by atoms with Crippen LogP contribution in [0.5, 0.6) is 0 Å². The van der Waals surface area contributed by atoms with Crippen LogP contribution >= 0.6 is 11.8 Å². The summed E-state index contributed by atoms with van der Waals surface area (Å²) in [6.45, 7) is 1.88. The summed E-state index contributed by atoms with van der Waals surface area (Å²) in [4.78, 5) is 16.4. The molecule has 0 bridgehead atoms. The number of rotatable bonds is 6. The molecule has 1 amide bonds. The Labute approximate surface area is 149 Å². The van der Waals surface area contributed by atoms with Gasteiger partial charge in [0.1, 0.15) is 5.76 Å². The number of aryl methyl sites for hydroxylation is 1. The lowest BCUT2D eigenvalue weighted by Gasteiger charge is -2.01. The van der Waals surface area contributed by atoms with Gasteiger partial charge in [-0.25, -0.2) is 10.4 Å². The maximum Gasteiger partial charge on any atom is 0.250 e. The molecule has 0 atom stereocenters. The number of amides is 1. The quantitative estimate of drug-likeness (QED) is 0.418. The molecule has 0 saturated heterocycles. The average molecular weight is 354 g/mol. The van der Waals surface area contributed by atoms with Crippen LogP contribution in [0, 0.1) is 0 Å². The summed E-state index contributed by atoms with van der Waals surface area (Å²) in [7, 11) is 1.94. The monoisotopic (exact) mass is 354 g/mol. The molecular weight excluding hydrogens is 336 g/mol. The highest BCUT2D eigenvalue weighted by Crippen LogP contribution is 2.22. The van der Waals surface area contributed by atoms with E-state index in [2.05, 4.69) is 15.5 Å². The van der Waals surface area contributed by atoms with Crippen molar-refractivity contribution in [3.8, 4) is 0 Å². The van der Waals surface area contributed by atoms with Crippen molar-refractivity contribution in [1.29, 1.82) is 0 Å². The molecule has 7 heteroatoms. The van der Waals surface area contributed by atoms with Gasteiger partial charge in [0.25, 0.3) is 5.91 Å². The number of allylic oxidation sites excluding steroid dienone is 1. The van der Waals surface area contributed by atoms with E-state index in [4.69, 9.17) is 4.42 Å². The largest absolute Gasteiger partial charge is 0.465 e. The topological polar surface area (TPSA) is 72.4 Å². The third-order valence-electron chi connectivity index (χ3n) is 3.45. The number of carbonyl (C=O) groups is 1. The second kappa shape index (κ2) is 7.85. The number of thioether (sulfide) groups is 1. The Morgan fingerprint density at radius 3 is 2.96 bits per heavy atom. The summed E-state index contributed by atoms with van der Waals surface area (Å²) in [5.74, 6) is 0.807. The maximum absolute atomic E-state index is 11.9. The molecule has 3 aromatic rings. The zero-order valence-electron chi connectivity index (χ0n) is 14.0. The minimum atomic E-state index is -0.181. The van der Waals surface area contributed by atoms with E-state index in [1.807, 2.05) is 61.0 Å². The van der Waals surface area contributed by atoms with Crippen molar-refractivity contribution in [1.82, 2.24) is 15.0 Å². The Morgan fingerprint density at radius 1 is 1.36 bits per heavy atom. The first-order valence-electron chi connectivity index (χ1n) is 7.71. The molecule has 2 aromatic heterocycles. The van der Waals surface area contributed by atoms with Crippen LogP contribution in [0.3, 0.4) is 0 Å². The Kier molecular flexibility index (Phi) is 5.35. The van der Waals surface area contributed by atoms with Crippen LogP contribution < -0.4 is 5.43 Å². The molecule has 0 spiro atoms. The van der Waals surface area contributed by atoms with Gasteiger partial charge in [0.05, 0.1) is 29.3 Å². The fraction of sp³-hybridized carbons (Fsp3) is 0.167. The summed E-state index contributed by atoms with van der Waals surface area (Å²) < 4.78 is 7.20. The molecule has 6 nitrogen and oxygen atoms in total. The predicted molar refractivity (Wildman–Crippen MR) is 100 cm³/mol. The van der Waals surface area contributed by atoms with Crippen molar-refractivity contribution in [2.75, 3.05) is 5.75 Å². The number of carbonyl (C=O) groups excluding carboxylic acids is 1. The average Bonchev–Trinajstić information content (AvgIpc) is 3.21. The zero-order chi connectivity index (χ0) is 17.6. The number of para-hydroxylation sites is 2. The van der Waals surface area contributed by atoms with E-state index in [1.54, 1.807) is 12.5 Å². The normalized spacial score (nSPS) is 12.2. The lowest BCUT2D eigenvalue weighted by molar-refractivity contribution is -0.118. The number of imidazole rings is 1. The van der Waals surface area contributed by atoms with Crippen molar-refractivity contribution in [2.45, 2.75) is 12.1 Å². The van der Waals surface area contributed by atoms with Crippen LogP contribution in [-0.4, -0.2) is 27.4 Å². The van der Waals surface area contributed by atoms with Crippen LogP contribution in [0.15, 0.2) is 62.9 Å². The van der Waals surface area contributed by atoms with E-state index in [1.165, 1.54) is 11.8 Å². The highest BCUT2D eigenvalue weighted by atomic mass is 32.2. The summed E-state index contributed by atoms with van der Waals surface area (Å²) in [6.07, 6.45) is 5.03. The number of fused-ring (bicyclic) bond motifs is 1. The van der Waals surface area contributed by atoms with Gasteiger partial charge >= 0.3 is 0 Å². The molecule has 0 fully saturated rings. The van der Waals surface area contributed by atoms with Crippen LogP contribution in [0.2, 0.25) is 0 Å². The van der Waals surface area contributed by atoms with Gasteiger partial charge in [-0.05, 0) is 42.8 Å². The van der Waals surface area contributed by atoms with Crippen LogP contribution in [0.25, 0.3) is 17.1 Å². The number of nitrogens with one attached hydrogen (secondary N) is 1. The Hall–Kier alpha value is -2.80. The minimum Gasteiger partial charge on any atom is -0.465 e. The first kappa shape index (κ1) is 17.0. The molecule has 0 aliphatic carbocycles. The van der Waals surface area contributed by atoms with E-state index < -0.39 is 0 Å². The van der Waals surface area contributed by atoms with E-state index in [-0.39, 0.29) is 11.7 Å². The number of aromatic nitrogens is 2. The summed E-state index contributed by atoms with van der Waals surface area (Å²) in [6, 6.07) is 11.5. The molecule has 25 heavy (non-hydrogen) atoms. The molecular formula is C18H18N4O2S. The minimum absolute atomic E-state index is 0.181. The van der Waals surface area contributed by atoms with Gasteiger partial charge in [-0.3, -0.25) is 4.79 Å². The molecule has 0 radical (unpaired) electrons. The SMILES string of the molecule is CC(=Cc1ccco1)/C=N\NC(=O)CSc1nc2ccccc2n1C. The van der Waals surface area contributed by atoms with Gasteiger partial charge in [0, 0.05) is 7.05 Å². The molecule has 1 aromatic carbocycles. The molecule has 0 aliphatic rings. The van der Waals surface area contributed by atoms with Gasteiger partial charge in [0.15, 0.2) is 5.16 Å². The number of hydrogen-bond donors (Lipinski definition) is 1. The number of nitrogens with zero attached hydrogens (tertiary/aromatic N) is 3. The van der Waals surface area contributed by atoms with E-state index in [0.717, 1.165) is 27.5 Å². The van der Waals surface area contributed by atoms with Gasteiger partial charge in [0.2, 0.25) is 0 Å². The van der Waals surface area contributed by atoms with Gasteiger partial charge in [-0.15, -0.1) is 0 Å². The predicted octanol–water partition coefficient (Wildman–Crippen LogP) is 3.46. The molecule has 2 heterocycles. The summed E-state index contributed by atoms with van der Waals surface area (Å²) in [5, 5.41) is 4.75. The lowest BCUT2D eigenvalue weighted by Crippen LogP contribution is -2.19. The highest BCUT2D eigenvalue weighted by molar-refractivity contribution is 7.99. The van der Waals surface area contributed by atoms with Crippen molar-refractivity contribution in [3.63, 3.8) is 0 Å². The molecule has 0 saturated carbocycles. The fourth-order valence-corrected chi connectivity index (χ4v) is 3.04. The molecule has 0 aliphatic heterocycles. The second-order valence-corrected chi connectivity index (χ2v) is 6.37. The Balaban J connectivity index is 1.52. The number of furan rings is 1. The van der Waals surface area contributed by atoms with Crippen molar-refractivity contribution < 1.29 is 9.21 Å². The van der Waals surface area contributed by atoms with E-state index in [9.17, 15) is 4.79 Å². The van der Waals surface area contributed by atoms with Crippen LogP contribution in [0.1, 0.15) is 12.7 Å². The van der Waals surface area contributed by atoms with Crippen molar-refractivity contribution >= 4 is 41.0 Å². The highest BCUT2D eigenvalue weighted by Gasteiger charge is 2.09. The standard InChI is InChI=1S/C18H18N4O2S/c1-13(10-14-6-5-9-24-14)11-19-21-17(23)12-25-18-20-15-7-3-4-8-16(15)22(18)2/h3-11H,12H2,1-2H3,(H,21,23)/b13-10?,19-11-. The molecule has 0 unspecified atom stereocenters. The Morgan fingerprint density at radius 2 is 2.20 bits per heavy atom. The smallest absolute Gasteiger partial charge is 0.250 e. The molecule has 1 N–H and O–H groups in total. The van der Waals surface area contributed by atoms with E-state index in [0.29, 0.717) is 0 Å². The van der Waals surface area contributed by atoms with Crippen LogP contribution in [-0.2, 0) is 11.8 Å². The number of benzene rings is 1. The lowest BCUT2D eigenvalue weighted by atomic mass is 10.3. The zero-order valence-corrected chi connectivity index (χ0v) is 14.8. The van der Waals surface area contributed by atoms with Gasteiger partial charge < -0.3 is 8.98 Å². The third kappa shape index (κ3) is 4.39. The first-order valence-corrected chi connectivity index (χ1v) is 8.70. The fourth-order valence-electron chi connectivity index (χ4n) is 2.26. The first-order chi connectivity index (χ1) is 12.1. The summed E-state index contributed by atoms with van der Waals surface area (Å²) >= 11 is 1.38. The number of hydrazone groups is 1. The Bertz CT molecular complexity index is 926. The second-order valence-electron chi connectivity index (χ2n) is 5.43. The summed E-state index contributed by atoms with van der Waals surface area (Å²) in [5.41, 5.74) is 5.36. The maximum atomic E-state index is 11.9. The molecule has 128 valence electrons. The third-order valence-corrected chi connectivity index (χ3v) is 4.48. The van der Waals surface area contributed by atoms with Crippen molar-refractivity contribution in [2.24, 2.45) is 12.1 Å². The molecule has 3 rings (SSSR count). The van der Waals surface area contributed by atoms with Crippen molar-refractivity contribution in [3.05, 3.63) is 54.0 Å². The van der Waals surface area contributed by atoms with Gasteiger partial charge in [-0.2, -0.15) is 5.10 Å². The number of hydrogen-bond acceptors (Lipinski definition) is 5. The van der Waals surface area contributed by atoms with Crippen LogP contribution in [0.4, 0.5) is 0 Å². The van der Waals surface area contributed by atoms with Gasteiger partial charge in [-0.1, -0.05) is 23.9 Å².